The van der Waals surface area contributed by atoms with Gasteiger partial charge in [-0.25, -0.2) is 4.39 Å². The van der Waals surface area contributed by atoms with Crippen molar-refractivity contribution in [3.8, 4) is 0 Å². The zero-order valence-corrected chi connectivity index (χ0v) is 11.8. The minimum absolute atomic E-state index is 0.106. The Bertz CT molecular complexity index is 423. The fourth-order valence-electron chi connectivity index (χ4n) is 4.02. The lowest BCUT2D eigenvalue weighted by Gasteiger charge is -2.40. The zero-order chi connectivity index (χ0) is 13.2. The summed E-state index contributed by atoms with van der Waals surface area (Å²) in [5.74, 6) is 1.73. The van der Waals surface area contributed by atoms with Gasteiger partial charge < -0.3 is 5.32 Å². The normalized spacial score (nSPS) is 30.7. The largest absolute Gasteiger partial charge is 0.380 e. The number of halogens is 1. The molecular weight excluding hydrogens is 237 g/mol. The first-order chi connectivity index (χ1) is 9.24. The Morgan fingerprint density at radius 2 is 1.84 bits per heavy atom. The highest BCUT2D eigenvalue weighted by Gasteiger charge is 2.32. The lowest BCUT2D eigenvalue weighted by atomic mass is 9.69. The molecule has 2 fully saturated rings. The van der Waals surface area contributed by atoms with Crippen molar-refractivity contribution in [3.63, 3.8) is 0 Å². The van der Waals surface area contributed by atoms with Gasteiger partial charge in [0.25, 0.3) is 0 Å². The Hall–Kier alpha value is -1.05. The van der Waals surface area contributed by atoms with Crippen LogP contribution in [0.2, 0.25) is 0 Å². The number of anilines is 1. The van der Waals surface area contributed by atoms with Crippen molar-refractivity contribution in [3.05, 3.63) is 29.6 Å². The number of rotatable bonds is 2. The SMILES string of the molecule is Cc1cccc(F)c1NC1CCC2CCCCC2C1. The van der Waals surface area contributed by atoms with Gasteiger partial charge in [0.1, 0.15) is 5.82 Å². The van der Waals surface area contributed by atoms with E-state index in [1.807, 2.05) is 13.0 Å². The molecule has 1 aromatic carbocycles. The van der Waals surface area contributed by atoms with E-state index in [0.717, 1.165) is 23.1 Å². The Morgan fingerprint density at radius 1 is 1.05 bits per heavy atom. The highest BCUT2D eigenvalue weighted by atomic mass is 19.1. The highest BCUT2D eigenvalue weighted by Crippen LogP contribution is 2.41. The first-order valence-corrected chi connectivity index (χ1v) is 7.75. The van der Waals surface area contributed by atoms with Crippen LogP contribution in [0.1, 0.15) is 50.5 Å². The first-order valence-electron chi connectivity index (χ1n) is 7.75. The van der Waals surface area contributed by atoms with Gasteiger partial charge >= 0.3 is 0 Å². The molecule has 0 amide bonds. The molecule has 0 bridgehead atoms. The number of hydrogen-bond acceptors (Lipinski definition) is 1. The summed E-state index contributed by atoms with van der Waals surface area (Å²) in [4.78, 5) is 0. The highest BCUT2D eigenvalue weighted by molar-refractivity contribution is 5.52. The van der Waals surface area contributed by atoms with E-state index in [-0.39, 0.29) is 5.82 Å². The van der Waals surface area contributed by atoms with E-state index in [1.54, 1.807) is 12.1 Å². The molecule has 104 valence electrons. The van der Waals surface area contributed by atoms with Gasteiger partial charge in [-0.05, 0) is 49.7 Å². The van der Waals surface area contributed by atoms with Crippen LogP contribution in [0.5, 0.6) is 0 Å². The van der Waals surface area contributed by atoms with Crippen LogP contribution in [0.15, 0.2) is 18.2 Å². The quantitative estimate of drug-likeness (QED) is 0.798. The van der Waals surface area contributed by atoms with Crippen LogP contribution in [-0.4, -0.2) is 6.04 Å². The van der Waals surface area contributed by atoms with Crippen molar-refractivity contribution in [2.75, 3.05) is 5.32 Å². The van der Waals surface area contributed by atoms with Crippen LogP contribution in [0.3, 0.4) is 0 Å². The van der Waals surface area contributed by atoms with Crippen LogP contribution in [0.4, 0.5) is 10.1 Å². The summed E-state index contributed by atoms with van der Waals surface area (Å²) in [6.45, 7) is 1.98. The van der Waals surface area contributed by atoms with Crippen LogP contribution in [-0.2, 0) is 0 Å². The Morgan fingerprint density at radius 3 is 2.63 bits per heavy atom. The molecule has 1 N–H and O–H groups in total. The van der Waals surface area contributed by atoms with Crippen molar-refractivity contribution >= 4 is 5.69 Å². The maximum Gasteiger partial charge on any atom is 0.146 e. The molecule has 2 aliphatic carbocycles. The zero-order valence-electron chi connectivity index (χ0n) is 11.8. The van der Waals surface area contributed by atoms with Gasteiger partial charge in [-0.3, -0.25) is 0 Å². The summed E-state index contributed by atoms with van der Waals surface area (Å²) in [7, 11) is 0. The summed E-state index contributed by atoms with van der Waals surface area (Å²) in [6, 6.07) is 5.79. The molecule has 2 saturated carbocycles. The van der Waals surface area contributed by atoms with Gasteiger partial charge in [0.05, 0.1) is 5.69 Å². The average molecular weight is 261 g/mol. The third-order valence-corrected chi connectivity index (χ3v) is 5.11. The maximum atomic E-state index is 13.9. The van der Waals surface area contributed by atoms with Gasteiger partial charge in [-0.2, -0.15) is 0 Å². The Kier molecular flexibility index (Phi) is 3.76. The summed E-state index contributed by atoms with van der Waals surface area (Å²) < 4.78 is 13.9. The number of nitrogens with one attached hydrogen (secondary N) is 1. The van der Waals surface area contributed by atoms with Crippen molar-refractivity contribution in [1.29, 1.82) is 0 Å². The number of para-hydroxylation sites is 1. The van der Waals surface area contributed by atoms with E-state index in [4.69, 9.17) is 0 Å². The molecular formula is C17H24FN. The molecule has 0 spiro atoms. The van der Waals surface area contributed by atoms with E-state index >= 15 is 0 Å². The van der Waals surface area contributed by atoms with Crippen LogP contribution >= 0.6 is 0 Å². The third-order valence-electron chi connectivity index (χ3n) is 5.11. The molecule has 19 heavy (non-hydrogen) atoms. The number of hydrogen-bond donors (Lipinski definition) is 1. The van der Waals surface area contributed by atoms with Crippen LogP contribution < -0.4 is 5.32 Å². The molecule has 0 radical (unpaired) electrons. The summed E-state index contributed by atoms with van der Waals surface area (Å²) in [6.07, 6.45) is 9.40. The molecule has 0 aromatic heterocycles. The van der Waals surface area contributed by atoms with E-state index in [1.165, 1.54) is 44.9 Å². The molecule has 3 unspecified atom stereocenters. The lowest BCUT2D eigenvalue weighted by molar-refractivity contribution is 0.162. The molecule has 1 nitrogen and oxygen atoms in total. The fraction of sp³-hybridized carbons (Fsp3) is 0.647. The summed E-state index contributed by atoms with van der Waals surface area (Å²) in [5.41, 5.74) is 1.74. The second-order valence-corrected chi connectivity index (χ2v) is 6.39. The third kappa shape index (κ3) is 2.77. The standard InChI is InChI=1S/C17H24FN/c1-12-5-4-8-16(18)17(12)19-15-10-9-13-6-2-3-7-14(13)11-15/h4-5,8,13-15,19H,2-3,6-7,9-11H2,1H3. The van der Waals surface area contributed by atoms with E-state index in [2.05, 4.69) is 5.32 Å². The van der Waals surface area contributed by atoms with Crippen molar-refractivity contribution in [1.82, 2.24) is 0 Å². The Balaban J connectivity index is 1.67. The van der Waals surface area contributed by atoms with E-state index in [0.29, 0.717) is 6.04 Å². The molecule has 3 atom stereocenters. The predicted octanol–water partition coefficient (Wildman–Crippen LogP) is 4.90. The molecule has 2 heteroatoms. The molecule has 0 saturated heterocycles. The van der Waals surface area contributed by atoms with E-state index < -0.39 is 0 Å². The summed E-state index contributed by atoms with van der Waals surface area (Å²) >= 11 is 0. The van der Waals surface area contributed by atoms with Crippen molar-refractivity contribution < 1.29 is 4.39 Å². The van der Waals surface area contributed by atoms with Gasteiger partial charge in [0.15, 0.2) is 0 Å². The maximum absolute atomic E-state index is 13.9. The fourth-order valence-corrected chi connectivity index (χ4v) is 4.02. The van der Waals surface area contributed by atoms with Crippen molar-refractivity contribution in [2.45, 2.75) is 57.9 Å². The second kappa shape index (κ2) is 5.52. The second-order valence-electron chi connectivity index (χ2n) is 6.39. The monoisotopic (exact) mass is 261 g/mol. The van der Waals surface area contributed by atoms with E-state index in [9.17, 15) is 4.39 Å². The number of fused-ring (bicyclic) bond motifs is 1. The molecule has 0 aliphatic heterocycles. The predicted molar refractivity (Wildman–Crippen MR) is 77.8 cm³/mol. The molecule has 1 aromatic rings. The lowest BCUT2D eigenvalue weighted by Crippen LogP contribution is -2.34. The smallest absolute Gasteiger partial charge is 0.146 e. The van der Waals surface area contributed by atoms with Crippen molar-refractivity contribution in [2.24, 2.45) is 11.8 Å². The minimum atomic E-state index is -0.106. The number of benzene rings is 1. The number of aryl methyl sites for hydroxylation is 1. The topological polar surface area (TPSA) is 12.0 Å². The Labute approximate surface area is 115 Å². The van der Waals surface area contributed by atoms with Gasteiger partial charge in [-0.15, -0.1) is 0 Å². The molecule has 2 aliphatic rings. The average Bonchev–Trinajstić information content (AvgIpc) is 2.43. The van der Waals surface area contributed by atoms with Crippen LogP contribution in [0.25, 0.3) is 0 Å². The van der Waals surface area contributed by atoms with Gasteiger partial charge in [-0.1, -0.05) is 37.8 Å². The summed E-state index contributed by atoms with van der Waals surface area (Å²) in [5, 5.41) is 3.48. The van der Waals surface area contributed by atoms with Crippen LogP contribution in [0, 0.1) is 24.6 Å². The van der Waals surface area contributed by atoms with Gasteiger partial charge in [0, 0.05) is 6.04 Å². The molecule has 0 heterocycles. The minimum Gasteiger partial charge on any atom is -0.380 e. The molecule has 3 rings (SSSR count). The first kappa shape index (κ1) is 13.0. The van der Waals surface area contributed by atoms with Gasteiger partial charge in [0.2, 0.25) is 0 Å².